The highest BCUT2D eigenvalue weighted by molar-refractivity contribution is 6.33. The zero-order chi connectivity index (χ0) is 11.3. The fraction of sp³-hybridized carbons (Fsp3) is 0.300. The molecule has 0 fully saturated rings. The van der Waals surface area contributed by atoms with E-state index in [0.29, 0.717) is 6.61 Å². The second-order valence-electron chi connectivity index (χ2n) is 2.76. The molecule has 1 rings (SSSR count). The molecule has 0 aliphatic heterocycles. The number of benzene rings is 1. The molecule has 5 heteroatoms. The van der Waals surface area contributed by atoms with Gasteiger partial charge in [-0.15, -0.1) is 0 Å². The number of hydrogen-bond acceptors (Lipinski definition) is 3. The van der Waals surface area contributed by atoms with Crippen molar-refractivity contribution in [3.05, 3.63) is 29.0 Å². The van der Waals surface area contributed by atoms with Gasteiger partial charge in [0.1, 0.15) is 12.4 Å². The van der Waals surface area contributed by atoms with Gasteiger partial charge in [-0.05, 0) is 19.1 Å². The molecule has 0 spiro atoms. The van der Waals surface area contributed by atoms with Crippen LogP contribution in [0.2, 0.25) is 5.02 Å². The first-order valence-electron chi connectivity index (χ1n) is 4.48. The van der Waals surface area contributed by atoms with E-state index in [4.69, 9.17) is 11.6 Å². The van der Waals surface area contributed by atoms with Crippen molar-refractivity contribution in [2.24, 2.45) is 0 Å². The Bertz CT molecular complexity index is 337. The Morgan fingerprint density at radius 1 is 1.60 bits per heavy atom. The van der Waals surface area contributed by atoms with E-state index in [2.05, 4.69) is 10.1 Å². The first-order valence-corrected chi connectivity index (χ1v) is 4.86. The SMILES string of the molecule is CCOC(=O)CNc1c(F)cccc1Cl. The Kier molecular flexibility index (Phi) is 4.37. The van der Waals surface area contributed by atoms with Gasteiger partial charge < -0.3 is 10.1 Å². The molecule has 0 radical (unpaired) electrons. The van der Waals surface area contributed by atoms with E-state index in [1.165, 1.54) is 18.2 Å². The third kappa shape index (κ3) is 3.40. The van der Waals surface area contributed by atoms with Gasteiger partial charge in [-0.3, -0.25) is 4.79 Å². The molecule has 82 valence electrons. The number of halogens is 2. The van der Waals surface area contributed by atoms with Gasteiger partial charge in [-0.1, -0.05) is 17.7 Å². The summed E-state index contributed by atoms with van der Waals surface area (Å²) in [5, 5.41) is 2.82. The van der Waals surface area contributed by atoms with E-state index in [-0.39, 0.29) is 17.3 Å². The summed E-state index contributed by atoms with van der Waals surface area (Å²) in [7, 11) is 0. The topological polar surface area (TPSA) is 38.3 Å². The highest BCUT2D eigenvalue weighted by Crippen LogP contribution is 2.24. The van der Waals surface area contributed by atoms with Crippen LogP contribution in [-0.4, -0.2) is 19.1 Å². The van der Waals surface area contributed by atoms with Crippen molar-refractivity contribution in [2.45, 2.75) is 6.92 Å². The normalized spacial score (nSPS) is 9.80. The van der Waals surface area contributed by atoms with E-state index in [1.54, 1.807) is 6.92 Å². The smallest absolute Gasteiger partial charge is 0.325 e. The number of esters is 1. The van der Waals surface area contributed by atoms with Gasteiger partial charge in [0.05, 0.1) is 17.3 Å². The van der Waals surface area contributed by atoms with Gasteiger partial charge in [-0.25, -0.2) is 4.39 Å². The summed E-state index contributed by atoms with van der Waals surface area (Å²) in [5.74, 6) is -0.941. The monoisotopic (exact) mass is 231 g/mol. The van der Waals surface area contributed by atoms with Gasteiger partial charge in [-0.2, -0.15) is 0 Å². The summed E-state index contributed by atoms with van der Waals surface area (Å²) in [5.41, 5.74) is 0.118. The lowest BCUT2D eigenvalue weighted by Crippen LogP contribution is -2.17. The van der Waals surface area contributed by atoms with Gasteiger partial charge in [0.25, 0.3) is 0 Å². The third-order valence-corrected chi connectivity index (χ3v) is 1.99. The van der Waals surface area contributed by atoms with Crippen LogP contribution in [0.15, 0.2) is 18.2 Å². The first-order chi connectivity index (χ1) is 7.15. The molecule has 0 bridgehead atoms. The van der Waals surface area contributed by atoms with Crippen molar-refractivity contribution in [1.82, 2.24) is 0 Å². The minimum atomic E-state index is -0.494. The largest absolute Gasteiger partial charge is 0.465 e. The molecule has 0 saturated carbocycles. The summed E-state index contributed by atoms with van der Waals surface area (Å²) in [6.45, 7) is 1.90. The molecule has 0 aliphatic carbocycles. The predicted octanol–water partition coefficient (Wildman–Crippen LogP) is 2.45. The maximum atomic E-state index is 13.2. The number of ether oxygens (including phenoxy) is 1. The molecule has 0 saturated heterocycles. The van der Waals surface area contributed by atoms with Crippen molar-refractivity contribution < 1.29 is 13.9 Å². The second kappa shape index (κ2) is 5.56. The van der Waals surface area contributed by atoms with Crippen molar-refractivity contribution >= 4 is 23.3 Å². The Balaban J connectivity index is 2.61. The van der Waals surface area contributed by atoms with Crippen molar-refractivity contribution in [3.8, 4) is 0 Å². The lowest BCUT2D eigenvalue weighted by Gasteiger charge is -2.08. The van der Waals surface area contributed by atoms with Crippen LogP contribution < -0.4 is 5.32 Å². The number of rotatable bonds is 4. The Morgan fingerprint density at radius 2 is 2.33 bits per heavy atom. The Hall–Kier alpha value is -1.29. The molecular formula is C10H11ClFNO2. The molecule has 0 aliphatic rings. The molecular weight excluding hydrogens is 221 g/mol. The van der Waals surface area contributed by atoms with Crippen LogP contribution in [-0.2, 0) is 9.53 Å². The standard InChI is InChI=1S/C10H11ClFNO2/c1-2-15-9(14)6-13-10-7(11)4-3-5-8(10)12/h3-5,13H,2,6H2,1H3. The number of carbonyl (C=O) groups excluding carboxylic acids is 1. The summed E-state index contributed by atoms with van der Waals surface area (Å²) >= 11 is 5.74. The summed E-state index contributed by atoms with van der Waals surface area (Å²) in [6, 6.07) is 4.30. The predicted molar refractivity (Wildman–Crippen MR) is 56.5 cm³/mol. The van der Waals surface area contributed by atoms with Crippen molar-refractivity contribution in [3.63, 3.8) is 0 Å². The highest BCUT2D eigenvalue weighted by atomic mass is 35.5. The van der Waals surface area contributed by atoms with Crippen molar-refractivity contribution in [2.75, 3.05) is 18.5 Å². The van der Waals surface area contributed by atoms with E-state index < -0.39 is 11.8 Å². The van der Waals surface area contributed by atoms with Gasteiger partial charge >= 0.3 is 5.97 Å². The van der Waals surface area contributed by atoms with Crippen LogP contribution in [0.5, 0.6) is 0 Å². The number of para-hydroxylation sites is 1. The van der Waals surface area contributed by atoms with Crippen LogP contribution in [0.25, 0.3) is 0 Å². The molecule has 1 N–H and O–H groups in total. The van der Waals surface area contributed by atoms with E-state index in [9.17, 15) is 9.18 Å². The Morgan fingerprint density at radius 3 is 2.93 bits per heavy atom. The first kappa shape index (κ1) is 11.8. The number of carbonyl (C=O) groups is 1. The Labute approximate surface area is 92.2 Å². The molecule has 1 aromatic rings. The molecule has 0 atom stereocenters. The average molecular weight is 232 g/mol. The van der Waals surface area contributed by atoms with Gasteiger partial charge in [0, 0.05) is 0 Å². The number of hydrogen-bond donors (Lipinski definition) is 1. The highest BCUT2D eigenvalue weighted by Gasteiger charge is 2.08. The average Bonchev–Trinajstić information content (AvgIpc) is 2.17. The zero-order valence-electron chi connectivity index (χ0n) is 8.22. The molecule has 0 aromatic heterocycles. The van der Waals surface area contributed by atoms with E-state index in [0.717, 1.165) is 0 Å². The summed E-state index contributed by atoms with van der Waals surface area (Å²) in [4.78, 5) is 11.0. The van der Waals surface area contributed by atoms with Gasteiger partial charge in [0.15, 0.2) is 0 Å². The third-order valence-electron chi connectivity index (χ3n) is 1.68. The molecule has 15 heavy (non-hydrogen) atoms. The quantitative estimate of drug-likeness (QED) is 0.809. The fourth-order valence-electron chi connectivity index (χ4n) is 1.04. The van der Waals surface area contributed by atoms with Gasteiger partial charge in [0.2, 0.25) is 0 Å². The van der Waals surface area contributed by atoms with Crippen LogP contribution >= 0.6 is 11.6 Å². The lowest BCUT2D eigenvalue weighted by atomic mass is 10.3. The molecule has 3 nitrogen and oxygen atoms in total. The summed E-state index contributed by atoms with van der Waals surface area (Å²) < 4.78 is 17.9. The van der Waals surface area contributed by atoms with Crippen molar-refractivity contribution in [1.29, 1.82) is 0 Å². The van der Waals surface area contributed by atoms with E-state index in [1.807, 2.05) is 0 Å². The van der Waals surface area contributed by atoms with Crippen LogP contribution in [0.4, 0.5) is 10.1 Å². The zero-order valence-corrected chi connectivity index (χ0v) is 8.97. The second-order valence-corrected chi connectivity index (χ2v) is 3.16. The van der Waals surface area contributed by atoms with Crippen LogP contribution in [0.1, 0.15) is 6.92 Å². The van der Waals surface area contributed by atoms with Crippen LogP contribution in [0, 0.1) is 5.82 Å². The maximum absolute atomic E-state index is 13.2. The molecule has 0 amide bonds. The summed E-state index contributed by atoms with van der Waals surface area (Å²) in [6.07, 6.45) is 0. The fourth-order valence-corrected chi connectivity index (χ4v) is 1.27. The number of nitrogens with one attached hydrogen (secondary N) is 1. The van der Waals surface area contributed by atoms with E-state index >= 15 is 0 Å². The minimum Gasteiger partial charge on any atom is -0.465 e. The lowest BCUT2D eigenvalue weighted by molar-refractivity contribution is -0.140. The molecule has 1 aromatic carbocycles. The van der Waals surface area contributed by atoms with Crippen LogP contribution in [0.3, 0.4) is 0 Å². The minimum absolute atomic E-state index is 0.103. The maximum Gasteiger partial charge on any atom is 0.325 e. The molecule has 0 heterocycles. The molecule has 0 unspecified atom stereocenters. The number of anilines is 1.